The third-order valence-electron chi connectivity index (χ3n) is 10.0. The number of phosphoric ester groups is 1. The Morgan fingerprint density at radius 1 is 0.564 bits per heavy atom. The third-order valence-corrected chi connectivity index (χ3v) is 11.0. The maximum Gasteiger partial charge on any atom is 0.472 e. The van der Waals surface area contributed by atoms with Gasteiger partial charge in [-0.15, -0.1) is 0 Å². The van der Waals surface area contributed by atoms with Crippen molar-refractivity contribution in [2.75, 3.05) is 26.4 Å². The third kappa shape index (κ3) is 40.7. The van der Waals surface area contributed by atoms with Crippen LogP contribution in [0.15, 0.2) is 12.2 Å². The average Bonchev–Trinajstić information content (AvgIpc) is 3.16. The maximum atomic E-state index is 12.6. The van der Waals surface area contributed by atoms with Crippen molar-refractivity contribution in [3.63, 3.8) is 0 Å². The number of carboxylic acids is 1. The summed E-state index contributed by atoms with van der Waals surface area (Å²) in [5.41, 5.74) is 5.35. The van der Waals surface area contributed by atoms with Crippen LogP contribution in [-0.2, 0) is 32.7 Å². The van der Waals surface area contributed by atoms with Crippen molar-refractivity contribution in [2.45, 2.75) is 231 Å². The molecule has 0 aliphatic rings. The van der Waals surface area contributed by atoms with E-state index in [1.165, 1.54) is 154 Å². The Morgan fingerprint density at radius 2 is 0.964 bits per heavy atom. The standard InChI is InChI=1S/C44H86NO9P/c1-3-5-7-9-11-13-15-17-18-19-20-21-22-23-24-25-26-28-30-32-34-36-43(46)54-41(39-52-55(49,50)53-40-42(45)44(47)48)38-51-37-35-33-31-29-27-16-14-12-10-8-6-4-2/h10,12,41-42H,3-9,11,13-40,45H2,1-2H3,(H,47,48)(H,49,50)/b12-10-. The maximum absolute atomic E-state index is 12.6. The number of hydrogen-bond acceptors (Lipinski definition) is 8. The van der Waals surface area contributed by atoms with Crippen LogP contribution in [0.5, 0.6) is 0 Å². The fourth-order valence-electron chi connectivity index (χ4n) is 6.47. The molecule has 0 radical (unpaired) electrons. The lowest BCUT2D eigenvalue weighted by Gasteiger charge is -2.20. The van der Waals surface area contributed by atoms with Crippen molar-refractivity contribution in [3.05, 3.63) is 12.2 Å². The Hall–Kier alpha value is -1.29. The number of ether oxygens (including phenoxy) is 2. The van der Waals surface area contributed by atoms with Crippen molar-refractivity contribution in [2.24, 2.45) is 5.73 Å². The van der Waals surface area contributed by atoms with Gasteiger partial charge in [-0.3, -0.25) is 18.6 Å². The van der Waals surface area contributed by atoms with Crippen LogP contribution in [0.1, 0.15) is 219 Å². The number of allylic oxidation sites excluding steroid dienone is 2. The van der Waals surface area contributed by atoms with E-state index in [1.54, 1.807) is 0 Å². The number of carbonyl (C=O) groups is 2. The number of nitrogens with two attached hydrogens (primary N) is 1. The van der Waals surface area contributed by atoms with E-state index in [4.69, 9.17) is 29.4 Å². The van der Waals surface area contributed by atoms with Crippen molar-refractivity contribution in [1.82, 2.24) is 0 Å². The SMILES string of the molecule is CCCC/C=C\CCCCCCCCOCC(COP(=O)(O)OCC(N)C(=O)O)OC(=O)CCCCCCCCCCCCCCCCCCCCCCC. The highest BCUT2D eigenvalue weighted by Gasteiger charge is 2.27. The van der Waals surface area contributed by atoms with Gasteiger partial charge in [0.1, 0.15) is 12.1 Å². The number of unbranched alkanes of at least 4 members (excludes halogenated alkanes) is 28. The molecule has 0 heterocycles. The second-order valence-electron chi connectivity index (χ2n) is 15.5. The first-order valence-electron chi connectivity index (χ1n) is 22.7. The fraction of sp³-hybridized carbons (Fsp3) is 0.909. The van der Waals surface area contributed by atoms with Gasteiger partial charge in [-0.05, 0) is 32.1 Å². The van der Waals surface area contributed by atoms with E-state index in [9.17, 15) is 19.0 Å². The zero-order valence-electron chi connectivity index (χ0n) is 35.5. The van der Waals surface area contributed by atoms with Crippen LogP contribution < -0.4 is 5.73 Å². The molecule has 0 spiro atoms. The highest BCUT2D eigenvalue weighted by molar-refractivity contribution is 7.47. The quantitative estimate of drug-likeness (QED) is 0.0235. The zero-order chi connectivity index (χ0) is 40.5. The summed E-state index contributed by atoms with van der Waals surface area (Å²) in [5, 5.41) is 8.89. The Kier molecular flexibility index (Phi) is 39.9. The van der Waals surface area contributed by atoms with Gasteiger partial charge in [-0.2, -0.15) is 0 Å². The highest BCUT2D eigenvalue weighted by Crippen LogP contribution is 2.43. The van der Waals surface area contributed by atoms with Crippen molar-refractivity contribution in [1.29, 1.82) is 0 Å². The molecule has 3 unspecified atom stereocenters. The Bertz CT molecular complexity index is 935. The molecule has 0 saturated carbocycles. The molecule has 0 amide bonds. The van der Waals surface area contributed by atoms with Crippen LogP contribution in [-0.4, -0.2) is 60.5 Å². The van der Waals surface area contributed by atoms with E-state index in [-0.39, 0.29) is 13.0 Å². The summed E-state index contributed by atoms with van der Waals surface area (Å²) in [6.07, 6.45) is 42.7. The largest absolute Gasteiger partial charge is 0.480 e. The van der Waals surface area contributed by atoms with Gasteiger partial charge in [0.05, 0.1) is 19.8 Å². The van der Waals surface area contributed by atoms with E-state index in [0.29, 0.717) is 6.61 Å². The van der Waals surface area contributed by atoms with Crippen LogP contribution in [0, 0.1) is 0 Å². The van der Waals surface area contributed by atoms with Gasteiger partial charge < -0.3 is 25.2 Å². The molecule has 0 saturated heterocycles. The Labute approximate surface area is 337 Å². The summed E-state index contributed by atoms with van der Waals surface area (Å²) in [6, 6.07) is -1.47. The molecule has 0 aromatic carbocycles. The lowest BCUT2D eigenvalue weighted by Crippen LogP contribution is -2.34. The first-order chi connectivity index (χ1) is 26.7. The molecule has 0 aromatic heterocycles. The predicted molar refractivity (Wildman–Crippen MR) is 226 cm³/mol. The first-order valence-corrected chi connectivity index (χ1v) is 24.2. The van der Waals surface area contributed by atoms with Crippen LogP contribution in [0.2, 0.25) is 0 Å². The van der Waals surface area contributed by atoms with Crippen molar-refractivity contribution < 1.29 is 42.7 Å². The molecule has 0 aliphatic heterocycles. The molecule has 0 fully saturated rings. The molecule has 0 rings (SSSR count). The Morgan fingerprint density at radius 3 is 1.44 bits per heavy atom. The summed E-state index contributed by atoms with van der Waals surface area (Å²) in [4.78, 5) is 33.5. The van der Waals surface area contributed by atoms with Crippen molar-refractivity contribution >= 4 is 19.8 Å². The van der Waals surface area contributed by atoms with Gasteiger partial charge in [0.15, 0.2) is 0 Å². The molecule has 10 nitrogen and oxygen atoms in total. The molecule has 3 atom stereocenters. The summed E-state index contributed by atoms with van der Waals surface area (Å²) in [7, 11) is -4.61. The van der Waals surface area contributed by atoms with E-state index < -0.39 is 45.1 Å². The van der Waals surface area contributed by atoms with E-state index >= 15 is 0 Å². The molecule has 326 valence electrons. The topological polar surface area (TPSA) is 155 Å². The van der Waals surface area contributed by atoms with Gasteiger partial charge in [-0.1, -0.05) is 193 Å². The van der Waals surface area contributed by atoms with Gasteiger partial charge in [0.25, 0.3) is 0 Å². The number of phosphoric acid groups is 1. The van der Waals surface area contributed by atoms with Crippen LogP contribution in [0.3, 0.4) is 0 Å². The van der Waals surface area contributed by atoms with Crippen LogP contribution in [0.25, 0.3) is 0 Å². The molecule has 0 aliphatic carbocycles. The van der Waals surface area contributed by atoms with E-state index in [1.807, 2.05) is 0 Å². The minimum absolute atomic E-state index is 0.0179. The first kappa shape index (κ1) is 53.7. The van der Waals surface area contributed by atoms with Gasteiger partial charge >= 0.3 is 19.8 Å². The number of carbonyl (C=O) groups excluding carboxylic acids is 1. The molecular weight excluding hydrogens is 717 g/mol. The van der Waals surface area contributed by atoms with Crippen molar-refractivity contribution in [3.8, 4) is 0 Å². The highest BCUT2D eigenvalue weighted by atomic mass is 31.2. The van der Waals surface area contributed by atoms with Crippen LogP contribution >= 0.6 is 7.82 Å². The molecule has 4 N–H and O–H groups in total. The monoisotopic (exact) mass is 804 g/mol. The number of hydrogen-bond donors (Lipinski definition) is 3. The fourth-order valence-corrected chi connectivity index (χ4v) is 7.25. The minimum atomic E-state index is -4.61. The molecule has 0 bridgehead atoms. The van der Waals surface area contributed by atoms with Crippen LogP contribution in [0.4, 0.5) is 0 Å². The predicted octanol–water partition coefficient (Wildman–Crippen LogP) is 12.5. The van der Waals surface area contributed by atoms with Gasteiger partial charge in [-0.25, -0.2) is 4.57 Å². The normalized spacial score (nSPS) is 14.0. The second kappa shape index (κ2) is 40.9. The second-order valence-corrected chi connectivity index (χ2v) is 17.0. The number of rotatable bonds is 44. The minimum Gasteiger partial charge on any atom is -0.480 e. The molecular formula is C44H86NO9P. The zero-order valence-corrected chi connectivity index (χ0v) is 36.4. The average molecular weight is 804 g/mol. The summed E-state index contributed by atoms with van der Waals surface area (Å²) in [6.45, 7) is 3.87. The van der Waals surface area contributed by atoms with Gasteiger partial charge in [0, 0.05) is 13.0 Å². The molecule has 55 heavy (non-hydrogen) atoms. The number of esters is 1. The number of aliphatic carboxylic acids is 1. The molecule has 11 heteroatoms. The van der Waals surface area contributed by atoms with E-state index in [2.05, 4.69) is 26.0 Å². The smallest absolute Gasteiger partial charge is 0.472 e. The summed E-state index contributed by atoms with van der Waals surface area (Å²) in [5.74, 6) is -1.77. The Balaban J connectivity index is 4.11. The lowest BCUT2D eigenvalue weighted by molar-refractivity contribution is -0.154. The summed E-state index contributed by atoms with van der Waals surface area (Å²) >= 11 is 0. The summed E-state index contributed by atoms with van der Waals surface area (Å²) < 4.78 is 33.3. The molecule has 0 aromatic rings. The van der Waals surface area contributed by atoms with E-state index in [0.717, 1.165) is 44.9 Å². The number of carboxylic acid groups (broad SMARTS) is 1. The lowest BCUT2D eigenvalue weighted by atomic mass is 10.0. The van der Waals surface area contributed by atoms with Gasteiger partial charge in [0.2, 0.25) is 0 Å².